The molecule has 0 aliphatic rings. The summed E-state index contributed by atoms with van der Waals surface area (Å²) in [7, 11) is 1.97. The molecule has 152 valence electrons. The van der Waals surface area contributed by atoms with Crippen molar-refractivity contribution < 1.29 is 14.6 Å². The maximum atomic E-state index is 10.5. The summed E-state index contributed by atoms with van der Waals surface area (Å²) in [4.78, 5) is 39.0. The average Bonchev–Trinajstić information content (AvgIpc) is 2.61. The number of aromatic carboxylic acids is 1. The van der Waals surface area contributed by atoms with Gasteiger partial charge in [0.25, 0.3) is 5.56 Å². The van der Waals surface area contributed by atoms with Crippen LogP contribution in [0.15, 0.2) is 40.2 Å². The largest absolute Gasteiger partial charge is 0.489 e. The molecule has 28 heavy (non-hydrogen) atoms. The molecule has 0 aliphatic carbocycles. The molecule has 9 heteroatoms. The molecule has 2 aromatic rings. The number of H-pyrrole nitrogens is 2. The van der Waals surface area contributed by atoms with Crippen molar-refractivity contribution in [2.45, 2.75) is 39.3 Å². The van der Waals surface area contributed by atoms with E-state index in [0.29, 0.717) is 6.04 Å². The van der Waals surface area contributed by atoms with Gasteiger partial charge in [-0.25, -0.2) is 9.59 Å². The fourth-order valence-corrected chi connectivity index (χ4v) is 1.97. The smallest absolute Gasteiger partial charge is 0.352 e. The van der Waals surface area contributed by atoms with Gasteiger partial charge in [-0.15, -0.1) is 0 Å². The first-order valence-electron chi connectivity index (χ1n) is 8.73. The van der Waals surface area contributed by atoms with E-state index in [1.807, 2.05) is 43.1 Å². The van der Waals surface area contributed by atoms with E-state index in [2.05, 4.69) is 29.4 Å². The number of carbonyl (C=O) groups is 1. The fraction of sp³-hybridized carbons (Fsp3) is 0.368. The molecule has 0 spiro atoms. The van der Waals surface area contributed by atoms with Crippen LogP contribution in [0.25, 0.3) is 6.08 Å². The summed E-state index contributed by atoms with van der Waals surface area (Å²) in [5.41, 5.74) is -0.897. The first-order valence-corrected chi connectivity index (χ1v) is 8.73. The summed E-state index contributed by atoms with van der Waals surface area (Å²) in [6.07, 6.45) is 9.00. The van der Waals surface area contributed by atoms with Gasteiger partial charge in [0.1, 0.15) is 11.4 Å². The quantitative estimate of drug-likeness (QED) is 0.564. The van der Waals surface area contributed by atoms with Crippen LogP contribution in [0, 0.1) is 0 Å². The highest BCUT2D eigenvalue weighted by molar-refractivity contribution is 5.84. The second-order valence-corrected chi connectivity index (χ2v) is 6.25. The highest BCUT2D eigenvalue weighted by Gasteiger charge is 2.03. The number of hydrogen-bond donors (Lipinski definition) is 4. The van der Waals surface area contributed by atoms with Crippen LogP contribution in [0.3, 0.4) is 0 Å². The summed E-state index contributed by atoms with van der Waals surface area (Å²) in [6.45, 7) is 6.18. The predicted molar refractivity (Wildman–Crippen MR) is 107 cm³/mol. The SMILES string of the molecule is CN[C@@H](C)C/C=C/c1cncc(OC(C)C)c1.O=C(O)c1cc(=O)[nH]c(=O)[nH]1. The minimum Gasteiger partial charge on any atom is -0.489 e. The topological polar surface area (TPSA) is 137 Å². The summed E-state index contributed by atoms with van der Waals surface area (Å²) in [6, 6.07) is 3.30. The van der Waals surface area contributed by atoms with Gasteiger partial charge in [0.2, 0.25) is 0 Å². The minimum atomic E-state index is -1.34. The Morgan fingerprint density at radius 3 is 2.54 bits per heavy atom. The Morgan fingerprint density at radius 2 is 1.96 bits per heavy atom. The molecule has 0 saturated heterocycles. The van der Waals surface area contributed by atoms with Crippen LogP contribution in [0.1, 0.15) is 43.2 Å². The van der Waals surface area contributed by atoms with Gasteiger partial charge in [-0.2, -0.15) is 0 Å². The Hall–Kier alpha value is -3.20. The van der Waals surface area contributed by atoms with Crippen LogP contribution in [0.5, 0.6) is 5.75 Å². The van der Waals surface area contributed by atoms with Crippen molar-refractivity contribution in [2.24, 2.45) is 0 Å². The van der Waals surface area contributed by atoms with Crippen molar-refractivity contribution in [3.63, 3.8) is 0 Å². The zero-order valence-corrected chi connectivity index (χ0v) is 16.4. The van der Waals surface area contributed by atoms with Crippen molar-refractivity contribution in [2.75, 3.05) is 7.05 Å². The first kappa shape index (κ1) is 22.8. The highest BCUT2D eigenvalue weighted by atomic mass is 16.5. The Balaban J connectivity index is 0.000000307. The monoisotopic (exact) mass is 390 g/mol. The molecular formula is C19H26N4O5. The van der Waals surface area contributed by atoms with E-state index in [1.54, 1.807) is 6.20 Å². The number of nitrogens with zero attached hydrogens (tertiary/aromatic N) is 1. The van der Waals surface area contributed by atoms with Crippen molar-refractivity contribution in [3.05, 3.63) is 62.7 Å². The van der Waals surface area contributed by atoms with Crippen molar-refractivity contribution >= 4 is 12.0 Å². The number of ether oxygens (including phenoxy) is 1. The number of pyridine rings is 1. The lowest BCUT2D eigenvalue weighted by molar-refractivity contribution is 0.0689. The fourth-order valence-electron chi connectivity index (χ4n) is 1.97. The lowest BCUT2D eigenvalue weighted by atomic mass is 10.2. The zero-order chi connectivity index (χ0) is 21.1. The number of aromatic nitrogens is 3. The molecule has 0 fully saturated rings. The predicted octanol–water partition coefficient (Wildman–Crippen LogP) is 1.64. The van der Waals surface area contributed by atoms with E-state index in [9.17, 15) is 14.4 Å². The van der Waals surface area contributed by atoms with Gasteiger partial charge < -0.3 is 20.1 Å². The molecule has 2 aromatic heterocycles. The maximum Gasteiger partial charge on any atom is 0.352 e. The number of carboxylic acid groups (broad SMARTS) is 1. The van der Waals surface area contributed by atoms with Gasteiger partial charge in [-0.3, -0.25) is 14.8 Å². The molecule has 0 saturated carbocycles. The molecule has 0 amide bonds. The van der Waals surface area contributed by atoms with E-state index in [4.69, 9.17) is 9.84 Å². The second-order valence-electron chi connectivity index (χ2n) is 6.25. The summed E-state index contributed by atoms with van der Waals surface area (Å²) >= 11 is 0. The van der Waals surface area contributed by atoms with Crippen molar-refractivity contribution in [1.29, 1.82) is 0 Å². The van der Waals surface area contributed by atoms with E-state index in [-0.39, 0.29) is 6.10 Å². The molecular weight excluding hydrogens is 364 g/mol. The van der Waals surface area contributed by atoms with E-state index < -0.39 is 22.9 Å². The third-order valence-corrected chi connectivity index (χ3v) is 3.39. The Labute approximate surface area is 162 Å². The summed E-state index contributed by atoms with van der Waals surface area (Å²) < 4.78 is 5.59. The standard InChI is InChI=1S/C14H22N2O.C5H4N2O4/c1-11(2)17-14-8-13(9-16-10-14)7-5-6-12(3)15-4;8-3-1-2(4(9)10)6-5(11)7-3/h5,7-12,15H,6H2,1-4H3;1H,(H,9,10)(H2,6,7,8,11)/b7-5+;/t12-;/m0./s1. The normalized spacial score (nSPS) is 11.8. The third kappa shape index (κ3) is 8.95. The van der Waals surface area contributed by atoms with E-state index in [1.165, 1.54) is 0 Å². The highest BCUT2D eigenvalue weighted by Crippen LogP contribution is 2.14. The number of aromatic amines is 2. The van der Waals surface area contributed by atoms with Crippen LogP contribution in [0.2, 0.25) is 0 Å². The van der Waals surface area contributed by atoms with E-state index in [0.717, 1.165) is 23.8 Å². The Morgan fingerprint density at radius 1 is 1.25 bits per heavy atom. The van der Waals surface area contributed by atoms with Gasteiger partial charge in [-0.1, -0.05) is 12.2 Å². The molecule has 0 unspecified atom stereocenters. The van der Waals surface area contributed by atoms with Crippen molar-refractivity contribution in [3.8, 4) is 5.75 Å². The maximum absolute atomic E-state index is 10.5. The van der Waals surface area contributed by atoms with Crippen molar-refractivity contribution in [1.82, 2.24) is 20.3 Å². The van der Waals surface area contributed by atoms with E-state index >= 15 is 0 Å². The lowest BCUT2D eigenvalue weighted by Crippen LogP contribution is -2.24. The number of rotatable bonds is 7. The van der Waals surface area contributed by atoms with Crippen LogP contribution in [-0.4, -0.2) is 45.2 Å². The summed E-state index contributed by atoms with van der Waals surface area (Å²) in [5, 5.41) is 11.5. The molecule has 9 nitrogen and oxygen atoms in total. The van der Waals surface area contributed by atoms with Crippen LogP contribution in [-0.2, 0) is 0 Å². The van der Waals surface area contributed by atoms with Crippen LogP contribution in [0.4, 0.5) is 0 Å². The molecule has 0 bridgehead atoms. The third-order valence-electron chi connectivity index (χ3n) is 3.39. The number of hydrogen-bond acceptors (Lipinski definition) is 6. The number of nitrogens with one attached hydrogen (secondary N) is 3. The van der Waals surface area contributed by atoms with Gasteiger partial charge in [-0.05, 0) is 45.9 Å². The van der Waals surface area contributed by atoms with Crippen LogP contribution < -0.4 is 21.3 Å². The van der Waals surface area contributed by atoms with Gasteiger partial charge >= 0.3 is 11.7 Å². The molecule has 1 atom stereocenters. The molecule has 2 rings (SSSR count). The van der Waals surface area contributed by atoms with Gasteiger partial charge in [0.15, 0.2) is 0 Å². The van der Waals surface area contributed by atoms with Crippen LogP contribution >= 0.6 is 0 Å². The molecule has 2 heterocycles. The zero-order valence-electron chi connectivity index (χ0n) is 16.4. The average molecular weight is 390 g/mol. The lowest BCUT2D eigenvalue weighted by Gasteiger charge is -2.09. The molecule has 0 radical (unpaired) electrons. The van der Waals surface area contributed by atoms with Gasteiger partial charge in [0, 0.05) is 18.3 Å². The molecule has 0 aromatic carbocycles. The molecule has 4 N–H and O–H groups in total. The first-order chi connectivity index (χ1) is 13.2. The Kier molecular flexibility index (Phi) is 9.38. The second kappa shape index (κ2) is 11.5. The summed E-state index contributed by atoms with van der Waals surface area (Å²) in [5.74, 6) is -0.517. The minimum absolute atomic E-state index is 0.181. The van der Waals surface area contributed by atoms with Gasteiger partial charge in [0.05, 0.1) is 12.3 Å². The Bertz CT molecular complexity index is 873. The molecule has 0 aliphatic heterocycles. The number of carboxylic acids is 1.